The molecule has 0 atom stereocenters. The largest absolute Gasteiger partial charge is 0.329 e. The maximum absolute atomic E-state index is 11.4. The van der Waals surface area contributed by atoms with Gasteiger partial charge in [-0.2, -0.15) is 0 Å². The van der Waals surface area contributed by atoms with Gasteiger partial charge in [0.05, 0.1) is 5.75 Å². The van der Waals surface area contributed by atoms with Crippen molar-refractivity contribution in [1.82, 2.24) is 4.90 Å². The highest BCUT2D eigenvalue weighted by molar-refractivity contribution is 7.90. The molecule has 0 amide bonds. The van der Waals surface area contributed by atoms with Crippen molar-refractivity contribution in [2.45, 2.75) is 57.4 Å². The smallest absolute Gasteiger partial charge is 0.148 e. The van der Waals surface area contributed by atoms with E-state index in [1.807, 2.05) is 0 Å². The normalized spacial score (nSPS) is 20.4. The Balaban J connectivity index is 2.79. The van der Waals surface area contributed by atoms with Gasteiger partial charge in [0.15, 0.2) is 0 Å². The van der Waals surface area contributed by atoms with Gasteiger partial charge in [0, 0.05) is 24.9 Å². The van der Waals surface area contributed by atoms with Crippen molar-refractivity contribution in [3.05, 3.63) is 0 Å². The summed E-state index contributed by atoms with van der Waals surface area (Å²) in [5, 5.41) is 0. The number of hydrogen-bond donors (Lipinski definition) is 1. The molecule has 114 valence electrons. The van der Waals surface area contributed by atoms with Crippen LogP contribution < -0.4 is 5.73 Å². The summed E-state index contributed by atoms with van der Waals surface area (Å²) in [6.45, 7) is 4.38. The van der Waals surface area contributed by atoms with Gasteiger partial charge >= 0.3 is 0 Å². The second-order valence-electron chi connectivity index (χ2n) is 5.96. The molecule has 1 aliphatic carbocycles. The molecule has 1 aliphatic rings. The highest BCUT2D eigenvalue weighted by Crippen LogP contribution is 2.32. The van der Waals surface area contributed by atoms with Crippen molar-refractivity contribution < 1.29 is 8.42 Å². The van der Waals surface area contributed by atoms with Crippen LogP contribution >= 0.6 is 0 Å². The summed E-state index contributed by atoms with van der Waals surface area (Å²) in [5.74, 6) is 0.245. The molecule has 1 rings (SSSR count). The second kappa shape index (κ2) is 7.60. The van der Waals surface area contributed by atoms with E-state index in [2.05, 4.69) is 11.8 Å². The first kappa shape index (κ1) is 16.9. The zero-order valence-electron chi connectivity index (χ0n) is 12.5. The van der Waals surface area contributed by atoms with E-state index in [-0.39, 0.29) is 11.3 Å². The molecule has 2 N–H and O–H groups in total. The number of hydrogen-bond acceptors (Lipinski definition) is 4. The summed E-state index contributed by atoms with van der Waals surface area (Å²) < 4.78 is 22.9. The van der Waals surface area contributed by atoms with Gasteiger partial charge in [-0.05, 0) is 25.8 Å². The van der Waals surface area contributed by atoms with Gasteiger partial charge < -0.3 is 5.73 Å². The minimum absolute atomic E-state index is 0.0389. The lowest BCUT2D eigenvalue weighted by molar-refractivity contribution is 0.0843. The van der Waals surface area contributed by atoms with Crippen LogP contribution in [0.2, 0.25) is 0 Å². The van der Waals surface area contributed by atoms with Gasteiger partial charge in [0.2, 0.25) is 0 Å². The summed E-state index contributed by atoms with van der Waals surface area (Å²) in [4.78, 5) is 2.36. The fraction of sp³-hybridized carbons (Fsp3) is 1.00. The van der Waals surface area contributed by atoms with Crippen LogP contribution in [0.15, 0.2) is 0 Å². The first-order valence-electron chi connectivity index (χ1n) is 7.56. The van der Waals surface area contributed by atoms with Crippen LogP contribution in [0.5, 0.6) is 0 Å². The molecule has 0 spiro atoms. The van der Waals surface area contributed by atoms with Crippen molar-refractivity contribution in [2.75, 3.05) is 31.6 Å². The fourth-order valence-electron chi connectivity index (χ4n) is 3.17. The van der Waals surface area contributed by atoms with Gasteiger partial charge in [0.1, 0.15) is 9.84 Å². The molecule has 0 aromatic heterocycles. The van der Waals surface area contributed by atoms with Crippen LogP contribution in [0.25, 0.3) is 0 Å². The highest BCUT2D eigenvalue weighted by Gasteiger charge is 2.35. The molecule has 0 heterocycles. The van der Waals surface area contributed by atoms with Crippen LogP contribution in [-0.2, 0) is 9.84 Å². The number of nitrogens with two attached hydrogens (primary N) is 1. The van der Waals surface area contributed by atoms with Gasteiger partial charge in [0.25, 0.3) is 0 Å². The molecule has 5 heteroatoms. The summed E-state index contributed by atoms with van der Waals surface area (Å²) in [6, 6.07) is 0. The number of sulfone groups is 1. The first-order chi connectivity index (χ1) is 8.93. The van der Waals surface area contributed by atoms with Crippen molar-refractivity contribution in [2.24, 2.45) is 5.73 Å². The summed E-state index contributed by atoms with van der Waals surface area (Å²) in [5.41, 5.74) is 6.13. The van der Waals surface area contributed by atoms with E-state index in [4.69, 9.17) is 5.73 Å². The third-order valence-corrected chi connectivity index (χ3v) is 5.23. The number of rotatable bonds is 7. The summed E-state index contributed by atoms with van der Waals surface area (Å²) in [7, 11) is -2.90. The predicted octanol–water partition coefficient (Wildman–Crippen LogP) is 1.79. The van der Waals surface area contributed by atoms with Crippen LogP contribution in [0.4, 0.5) is 0 Å². The quantitative estimate of drug-likeness (QED) is 0.726. The minimum atomic E-state index is -2.90. The minimum Gasteiger partial charge on any atom is -0.329 e. The van der Waals surface area contributed by atoms with Crippen molar-refractivity contribution in [3.8, 4) is 0 Å². The first-order valence-corrected chi connectivity index (χ1v) is 9.62. The Labute approximate surface area is 118 Å². The second-order valence-corrected chi connectivity index (χ2v) is 8.22. The molecule has 1 fully saturated rings. The van der Waals surface area contributed by atoms with E-state index in [9.17, 15) is 8.42 Å². The lowest BCUT2D eigenvalue weighted by Crippen LogP contribution is -2.55. The van der Waals surface area contributed by atoms with E-state index in [1.54, 1.807) is 0 Å². The maximum Gasteiger partial charge on any atom is 0.148 e. The number of nitrogens with zero attached hydrogens (tertiary/aromatic N) is 1. The average molecular weight is 290 g/mol. The van der Waals surface area contributed by atoms with Gasteiger partial charge in [-0.15, -0.1) is 0 Å². The van der Waals surface area contributed by atoms with Crippen LogP contribution in [0.3, 0.4) is 0 Å². The van der Waals surface area contributed by atoms with Crippen LogP contribution in [0, 0.1) is 0 Å². The van der Waals surface area contributed by atoms with E-state index >= 15 is 0 Å². The Morgan fingerprint density at radius 2 is 1.68 bits per heavy atom. The van der Waals surface area contributed by atoms with Gasteiger partial charge in [-0.1, -0.05) is 32.6 Å². The van der Waals surface area contributed by atoms with Crippen molar-refractivity contribution in [3.63, 3.8) is 0 Å². The third-order valence-electron chi connectivity index (χ3n) is 4.31. The van der Waals surface area contributed by atoms with Crippen molar-refractivity contribution >= 4 is 9.84 Å². The molecule has 0 aromatic carbocycles. The summed E-state index contributed by atoms with van der Waals surface area (Å²) in [6.07, 6.45) is 9.61. The Bertz CT molecular complexity index is 346. The zero-order valence-corrected chi connectivity index (χ0v) is 13.3. The van der Waals surface area contributed by atoms with E-state index in [0.717, 1.165) is 25.8 Å². The Morgan fingerprint density at radius 1 is 1.11 bits per heavy atom. The molecular weight excluding hydrogens is 260 g/mol. The standard InChI is InChI=1S/C14H30N2O2S/c1-3-10-16(11-12-19(2,17)18)14(13-15)8-6-4-5-7-9-14/h3-13,15H2,1-2H3. The predicted molar refractivity (Wildman–Crippen MR) is 81.1 cm³/mol. The van der Waals surface area contributed by atoms with Crippen LogP contribution in [-0.4, -0.2) is 50.5 Å². The van der Waals surface area contributed by atoms with Gasteiger partial charge in [-0.3, -0.25) is 4.90 Å². The lowest BCUT2D eigenvalue weighted by atomic mass is 9.88. The molecule has 0 aliphatic heterocycles. The maximum atomic E-state index is 11.4. The zero-order chi connectivity index (χ0) is 14.4. The topological polar surface area (TPSA) is 63.4 Å². The molecular formula is C14H30N2O2S. The SMILES string of the molecule is CCCN(CCS(C)(=O)=O)C1(CN)CCCCCC1. The Morgan fingerprint density at radius 3 is 2.11 bits per heavy atom. The third kappa shape index (κ3) is 5.40. The molecule has 1 saturated carbocycles. The molecule has 0 unspecified atom stereocenters. The van der Waals surface area contributed by atoms with Crippen molar-refractivity contribution in [1.29, 1.82) is 0 Å². The summed E-state index contributed by atoms with van der Waals surface area (Å²) >= 11 is 0. The molecule has 0 saturated heterocycles. The average Bonchev–Trinajstić information content (AvgIpc) is 2.59. The highest BCUT2D eigenvalue weighted by atomic mass is 32.2. The molecule has 19 heavy (non-hydrogen) atoms. The van der Waals surface area contributed by atoms with Crippen LogP contribution in [0.1, 0.15) is 51.9 Å². The van der Waals surface area contributed by atoms with E-state index in [1.165, 1.54) is 31.9 Å². The fourth-order valence-corrected chi connectivity index (χ4v) is 3.72. The molecule has 0 radical (unpaired) electrons. The molecule has 0 bridgehead atoms. The van der Waals surface area contributed by atoms with E-state index < -0.39 is 9.84 Å². The molecule has 4 nitrogen and oxygen atoms in total. The lowest BCUT2D eigenvalue weighted by Gasteiger charge is -2.43. The monoisotopic (exact) mass is 290 g/mol. The Hall–Kier alpha value is -0.130. The van der Waals surface area contributed by atoms with E-state index in [0.29, 0.717) is 13.1 Å². The molecule has 0 aromatic rings. The van der Waals surface area contributed by atoms with Gasteiger partial charge in [-0.25, -0.2) is 8.42 Å². The Kier molecular flexibility index (Phi) is 6.77.